The molecule has 2 fully saturated rings. The number of hydrogen-bond acceptors (Lipinski definition) is 4. The van der Waals surface area contributed by atoms with Crippen molar-refractivity contribution < 1.29 is 19.8 Å². The number of nitrogens with zero attached hydrogens (tertiary/aromatic N) is 2. The molecule has 0 amide bonds. The van der Waals surface area contributed by atoms with Crippen molar-refractivity contribution in [2.75, 3.05) is 0 Å². The Balaban J connectivity index is 0.000000115. The molecule has 8 heteroatoms. The van der Waals surface area contributed by atoms with E-state index in [1.807, 2.05) is 0 Å². The second kappa shape index (κ2) is 4.96. The van der Waals surface area contributed by atoms with Gasteiger partial charge in [-0.25, -0.2) is 9.59 Å². The van der Waals surface area contributed by atoms with Gasteiger partial charge in [-0.2, -0.15) is 10.2 Å². The van der Waals surface area contributed by atoms with E-state index < -0.39 is 11.9 Å². The van der Waals surface area contributed by atoms with Gasteiger partial charge in [0.2, 0.25) is 0 Å². The summed E-state index contributed by atoms with van der Waals surface area (Å²) in [5.41, 5.74) is 4.51. The van der Waals surface area contributed by atoms with Crippen LogP contribution >= 0.6 is 0 Å². The number of carbonyl (C=O) groups is 2. The lowest BCUT2D eigenvalue weighted by atomic mass is 10.1. The summed E-state index contributed by atoms with van der Waals surface area (Å²) in [6.07, 6.45) is 1.80. The van der Waals surface area contributed by atoms with Gasteiger partial charge in [-0.05, 0) is 36.5 Å². The molecule has 0 bridgehead atoms. The number of aromatic nitrogens is 4. The topological polar surface area (TPSA) is 132 Å². The Bertz CT molecular complexity index is 869. The predicted molar refractivity (Wildman–Crippen MR) is 89.3 cm³/mol. The number of nitrogens with one attached hydrogen (secondary N) is 2. The van der Waals surface area contributed by atoms with Crippen LogP contribution in [0.25, 0.3) is 0 Å². The van der Waals surface area contributed by atoms with Crippen molar-refractivity contribution in [1.29, 1.82) is 0 Å². The lowest BCUT2D eigenvalue weighted by Gasteiger charge is -1.96. The molecule has 136 valence electrons. The van der Waals surface area contributed by atoms with Gasteiger partial charge in [0.05, 0.1) is 0 Å². The van der Waals surface area contributed by atoms with Crippen LogP contribution in [0, 0.1) is 23.7 Å². The Kier molecular flexibility index (Phi) is 2.98. The van der Waals surface area contributed by atoms with Gasteiger partial charge in [-0.3, -0.25) is 10.2 Å². The summed E-state index contributed by atoms with van der Waals surface area (Å²) in [6.45, 7) is 4.42. The average Bonchev–Trinajstić information content (AvgIpc) is 3.14. The van der Waals surface area contributed by atoms with E-state index >= 15 is 0 Å². The minimum absolute atomic E-state index is 0.231. The van der Waals surface area contributed by atoms with E-state index in [4.69, 9.17) is 10.2 Å². The quantitative estimate of drug-likeness (QED) is 0.651. The highest BCUT2D eigenvalue weighted by atomic mass is 16.4. The summed E-state index contributed by atoms with van der Waals surface area (Å²) in [5.74, 6) is 2.11. The molecule has 0 saturated heterocycles. The van der Waals surface area contributed by atoms with Crippen LogP contribution in [0.4, 0.5) is 0 Å². The summed E-state index contributed by atoms with van der Waals surface area (Å²) in [7, 11) is 0. The van der Waals surface area contributed by atoms with Crippen LogP contribution in [0.1, 0.15) is 69.2 Å². The van der Waals surface area contributed by atoms with E-state index in [0.717, 1.165) is 47.2 Å². The molecule has 0 spiro atoms. The highest BCUT2D eigenvalue weighted by molar-refractivity contribution is 5.88. The Morgan fingerprint density at radius 2 is 1.23 bits per heavy atom. The Hall–Kier alpha value is -2.64. The Labute approximate surface area is 149 Å². The largest absolute Gasteiger partial charge is 0.476 e. The third-order valence-electron chi connectivity index (χ3n) is 6.87. The van der Waals surface area contributed by atoms with Crippen LogP contribution in [0.2, 0.25) is 0 Å². The molecule has 2 aromatic heterocycles. The molecular formula is C18H20N4O4. The van der Waals surface area contributed by atoms with Gasteiger partial charge in [-0.1, -0.05) is 13.8 Å². The summed E-state index contributed by atoms with van der Waals surface area (Å²) >= 11 is 0. The smallest absolute Gasteiger partial charge is 0.356 e. The zero-order chi connectivity index (χ0) is 18.3. The van der Waals surface area contributed by atoms with E-state index in [1.165, 1.54) is 0 Å². The molecule has 4 aliphatic carbocycles. The maximum absolute atomic E-state index is 10.7. The molecule has 4 N–H and O–H groups in total. The normalized spacial score (nSPS) is 34.1. The maximum atomic E-state index is 10.7. The molecule has 0 aromatic carbocycles. The van der Waals surface area contributed by atoms with Crippen molar-refractivity contribution in [3.63, 3.8) is 0 Å². The summed E-state index contributed by atoms with van der Waals surface area (Å²) < 4.78 is 0. The Morgan fingerprint density at radius 1 is 0.846 bits per heavy atom. The van der Waals surface area contributed by atoms with Crippen molar-refractivity contribution >= 4 is 11.9 Å². The number of aromatic carboxylic acids is 2. The monoisotopic (exact) mass is 356 g/mol. The number of hydrogen-bond donors (Lipinski definition) is 4. The molecule has 0 radical (unpaired) electrons. The summed E-state index contributed by atoms with van der Waals surface area (Å²) in [6, 6.07) is 0. The van der Waals surface area contributed by atoms with Crippen molar-refractivity contribution in [2.24, 2.45) is 23.7 Å². The molecule has 0 unspecified atom stereocenters. The van der Waals surface area contributed by atoms with Gasteiger partial charge in [-0.15, -0.1) is 0 Å². The molecule has 2 saturated carbocycles. The minimum atomic E-state index is -0.911. The first-order valence-corrected chi connectivity index (χ1v) is 9.01. The number of fused-ring (bicyclic) bond motifs is 6. The molecule has 6 rings (SSSR count). The van der Waals surface area contributed by atoms with E-state index in [2.05, 4.69) is 34.2 Å². The lowest BCUT2D eigenvalue weighted by Crippen LogP contribution is -2.02. The van der Waals surface area contributed by atoms with E-state index in [-0.39, 0.29) is 11.4 Å². The SMILES string of the molecule is C[C@@H]1[C@@H]2Cc3c(C(=O)O)n[nH]c3[C@H]12.C[C@H]1[C@@H]2Cc3c(C(=O)O)n[nH]c3[C@H]12. The number of carboxylic acid groups (broad SMARTS) is 2. The van der Waals surface area contributed by atoms with Gasteiger partial charge in [0.15, 0.2) is 11.4 Å². The van der Waals surface area contributed by atoms with Gasteiger partial charge in [0, 0.05) is 34.4 Å². The van der Waals surface area contributed by atoms with E-state index in [9.17, 15) is 9.59 Å². The first kappa shape index (κ1) is 15.6. The van der Waals surface area contributed by atoms with Gasteiger partial charge in [0.1, 0.15) is 0 Å². The fourth-order valence-electron chi connectivity index (χ4n) is 5.22. The van der Waals surface area contributed by atoms with E-state index in [0.29, 0.717) is 23.7 Å². The third-order valence-corrected chi connectivity index (χ3v) is 6.87. The van der Waals surface area contributed by atoms with Crippen LogP contribution in [0.5, 0.6) is 0 Å². The van der Waals surface area contributed by atoms with Crippen molar-refractivity contribution in [3.05, 3.63) is 33.9 Å². The fourth-order valence-corrected chi connectivity index (χ4v) is 5.22. The van der Waals surface area contributed by atoms with Crippen molar-refractivity contribution in [2.45, 2.75) is 38.5 Å². The second-order valence-corrected chi connectivity index (χ2v) is 8.04. The number of aromatic amines is 2. The van der Waals surface area contributed by atoms with E-state index in [1.54, 1.807) is 0 Å². The van der Waals surface area contributed by atoms with Crippen LogP contribution in [0.3, 0.4) is 0 Å². The zero-order valence-corrected chi connectivity index (χ0v) is 14.5. The lowest BCUT2D eigenvalue weighted by molar-refractivity contribution is 0.0678. The van der Waals surface area contributed by atoms with Crippen LogP contribution in [-0.4, -0.2) is 42.5 Å². The molecule has 0 aliphatic heterocycles. The average molecular weight is 356 g/mol. The van der Waals surface area contributed by atoms with Gasteiger partial charge >= 0.3 is 11.9 Å². The molecule has 2 aromatic rings. The molecule has 6 atom stereocenters. The number of H-pyrrole nitrogens is 2. The third kappa shape index (κ3) is 1.95. The standard InChI is InChI=1S/2C9H10N2O2/c2*1-3-4-2-5-7(6(3)4)10-11-8(5)9(12)13/h2*3-4,6H,2H2,1H3,(H,10,11)(H,12,13)/t3-,4+,6-;3-,4-,6+/m10/s1. The van der Waals surface area contributed by atoms with Crippen LogP contribution < -0.4 is 0 Å². The first-order valence-electron chi connectivity index (χ1n) is 9.01. The van der Waals surface area contributed by atoms with Crippen molar-refractivity contribution in [1.82, 2.24) is 20.4 Å². The highest BCUT2D eigenvalue weighted by Gasteiger charge is 2.56. The number of rotatable bonds is 2. The molecule has 26 heavy (non-hydrogen) atoms. The van der Waals surface area contributed by atoms with Gasteiger partial charge in [0.25, 0.3) is 0 Å². The zero-order valence-electron chi connectivity index (χ0n) is 14.5. The Morgan fingerprint density at radius 3 is 1.58 bits per heavy atom. The fraction of sp³-hybridized carbons (Fsp3) is 0.556. The first-order chi connectivity index (χ1) is 12.4. The number of carboxylic acids is 2. The predicted octanol–water partition coefficient (Wildman–Crippen LogP) is 2.03. The van der Waals surface area contributed by atoms with Crippen LogP contribution in [0.15, 0.2) is 0 Å². The summed E-state index contributed by atoms with van der Waals surface area (Å²) in [4.78, 5) is 21.5. The maximum Gasteiger partial charge on any atom is 0.356 e. The van der Waals surface area contributed by atoms with Crippen molar-refractivity contribution in [3.8, 4) is 0 Å². The molecule has 2 heterocycles. The second-order valence-electron chi connectivity index (χ2n) is 8.04. The molecule has 4 aliphatic rings. The van der Waals surface area contributed by atoms with Crippen LogP contribution in [-0.2, 0) is 12.8 Å². The molecular weight excluding hydrogens is 336 g/mol. The highest BCUT2D eigenvalue weighted by Crippen LogP contribution is 2.61. The minimum Gasteiger partial charge on any atom is -0.476 e. The summed E-state index contributed by atoms with van der Waals surface area (Å²) in [5, 5.41) is 31.0. The van der Waals surface area contributed by atoms with Gasteiger partial charge < -0.3 is 10.2 Å². The molecule has 8 nitrogen and oxygen atoms in total.